The molecule has 7 nitrogen and oxygen atoms in total. The van der Waals surface area contributed by atoms with Crippen LogP contribution in [0.15, 0.2) is 29.2 Å². The van der Waals surface area contributed by atoms with Crippen molar-refractivity contribution < 1.29 is 22.7 Å². The first-order valence-corrected chi connectivity index (χ1v) is 7.36. The van der Waals surface area contributed by atoms with Crippen LogP contribution in [0.2, 0.25) is 0 Å². The van der Waals surface area contributed by atoms with E-state index in [0.29, 0.717) is 5.69 Å². The molecule has 1 rings (SSSR count). The number of esters is 1. The zero-order chi connectivity index (χ0) is 15.2. The predicted octanol–water partition coefficient (Wildman–Crippen LogP) is 0.486. The van der Waals surface area contributed by atoms with Gasteiger partial charge in [0, 0.05) is 12.6 Å². The van der Waals surface area contributed by atoms with E-state index in [2.05, 4.69) is 14.8 Å². The van der Waals surface area contributed by atoms with E-state index in [1.807, 2.05) is 0 Å². The van der Waals surface area contributed by atoms with Gasteiger partial charge in [-0.15, -0.1) is 0 Å². The Balaban J connectivity index is 2.72. The van der Waals surface area contributed by atoms with Crippen LogP contribution in [0, 0.1) is 0 Å². The van der Waals surface area contributed by atoms with E-state index in [-0.39, 0.29) is 17.4 Å². The van der Waals surface area contributed by atoms with E-state index in [1.54, 1.807) is 6.92 Å². The minimum absolute atomic E-state index is 0.00380. The largest absolute Gasteiger partial charge is 0.465 e. The quantitative estimate of drug-likeness (QED) is 0.744. The number of amides is 1. The number of hydrogen-bond acceptors (Lipinski definition) is 5. The van der Waals surface area contributed by atoms with Gasteiger partial charge >= 0.3 is 5.97 Å². The Bertz CT molecular complexity index is 580. The van der Waals surface area contributed by atoms with Crippen molar-refractivity contribution in [2.24, 2.45) is 0 Å². The molecule has 0 saturated carbocycles. The van der Waals surface area contributed by atoms with Crippen LogP contribution in [-0.2, 0) is 24.3 Å². The maximum atomic E-state index is 11.9. The average molecular weight is 300 g/mol. The molecule has 20 heavy (non-hydrogen) atoms. The highest BCUT2D eigenvalue weighted by atomic mass is 32.2. The van der Waals surface area contributed by atoms with Crippen LogP contribution < -0.4 is 10.0 Å². The van der Waals surface area contributed by atoms with E-state index in [0.717, 1.165) is 0 Å². The van der Waals surface area contributed by atoms with Gasteiger partial charge in [-0.3, -0.25) is 9.59 Å². The van der Waals surface area contributed by atoms with E-state index in [1.165, 1.54) is 31.2 Å². The van der Waals surface area contributed by atoms with Crippen LogP contribution in [0.25, 0.3) is 0 Å². The summed E-state index contributed by atoms with van der Waals surface area (Å²) >= 11 is 0. The third kappa shape index (κ3) is 4.98. The molecule has 0 heterocycles. The van der Waals surface area contributed by atoms with Crippen LogP contribution >= 0.6 is 0 Å². The SMILES string of the molecule is CCOC(=O)CNS(=O)(=O)c1ccc(NC(C)=O)cc1. The molecule has 8 heteroatoms. The second-order valence-corrected chi connectivity index (χ2v) is 5.60. The van der Waals surface area contributed by atoms with Gasteiger partial charge in [0.05, 0.1) is 11.5 Å². The zero-order valence-corrected chi connectivity index (χ0v) is 12.0. The molecule has 0 aliphatic carbocycles. The fraction of sp³-hybridized carbons (Fsp3) is 0.333. The van der Waals surface area contributed by atoms with Crippen molar-refractivity contribution in [3.63, 3.8) is 0 Å². The highest BCUT2D eigenvalue weighted by molar-refractivity contribution is 7.89. The molecule has 110 valence electrons. The van der Waals surface area contributed by atoms with Gasteiger partial charge in [0.25, 0.3) is 0 Å². The molecule has 0 spiro atoms. The Morgan fingerprint density at radius 1 is 1.20 bits per heavy atom. The lowest BCUT2D eigenvalue weighted by molar-refractivity contribution is -0.141. The summed E-state index contributed by atoms with van der Waals surface area (Å²) in [6, 6.07) is 5.58. The average Bonchev–Trinajstić information content (AvgIpc) is 2.37. The Hall–Kier alpha value is -1.93. The monoisotopic (exact) mass is 300 g/mol. The van der Waals surface area contributed by atoms with Crippen LogP contribution in [0.3, 0.4) is 0 Å². The van der Waals surface area contributed by atoms with E-state index < -0.39 is 22.5 Å². The molecular formula is C12H16N2O5S. The number of anilines is 1. The summed E-state index contributed by atoms with van der Waals surface area (Å²) in [7, 11) is -3.78. The first-order chi connectivity index (χ1) is 9.35. The highest BCUT2D eigenvalue weighted by Gasteiger charge is 2.15. The molecule has 1 amide bonds. The molecule has 0 atom stereocenters. The summed E-state index contributed by atoms with van der Waals surface area (Å²) in [6.07, 6.45) is 0. The van der Waals surface area contributed by atoms with Gasteiger partial charge < -0.3 is 10.1 Å². The number of nitrogens with one attached hydrogen (secondary N) is 2. The van der Waals surface area contributed by atoms with E-state index in [9.17, 15) is 18.0 Å². The van der Waals surface area contributed by atoms with Gasteiger partial charge in [0.1, 0.15) is 6.54 Å². The third-order valence-corrected chi connectivity index (χ3v) is 3.61. The number of benzene rings is 1. The minimum Gasteiger partial charge on any atom is -0.465 e. The molecule has 0 aromatic heterocycles. The molecule has 0 aliphatic rings. The van der Waals surface area contributed by atoms with Crippen LogP contribution in [0.4, 0.5) is 5.69 Å². The molecule has 0 fully saturated rings. The summed E-state index contributed by atoms with van der Waals surface area (Å²) in [6.45, 7) is 2.74. The molecule has 2 N–H and O–H groups in total. The van der Waals surface area contributed by atoms with Gasteiger partial charge in [0.15, 0.2) is 0 Å². The maximum absolute atomic E-state index is 11.9. The number of carbonyl (C=O) groups is 2. The summed E-state index contributed by atoms with van der Waals surface area (Å²) < 4.78 is 30.5. The van der Waals surface area contributed by atoms with Crippen molar-refractivity contribution in [1.29, 1.82) is 0 Å². The minimum atomic E-state index is -3.78. The summed E-state index contributed by atoms with van der Waals surface area (Å²) in [5.74, 6) is -0.896. The fourth-order valence-electron chi connectivity index (χ4n) is 1.37. The molecule has 0 unspecified atom stereocenters. The molecule has 0 saturated heterocycles. The predicted molar refractivity (Wildman–Crippen MR) is 72.6 cm³/mol. The highest BCUT2D eigenvalue weighted by Crippen LogP contribution is 2.13. The first kappa shape index (κ1) is 16.1. The van der Waals surface area contributed by atoms with Crippen LogP contribution in [0.1, 0.15) is 13.8 Å². The molecule has 1 aromatic carbocycles. The lowest BCUT2D eigenvalue weighted by Crippen LogP contribution is -2.30. The first-order valence-electron chi connectivity index (χ1n) is 5.88. The van der Waals surface area contributed by atoms with Gasteiger partial charge in [-0.2, -0.15) is 4.72 Å². The molecule has 0 bridgehead atoms. The van der Waals surface area contributed by atoms with Crippen molar-refractivity contribution in [3.8, 4) is 0 Å². The van der Waals surface area contributed by atoms with Gasteiger partial charge in [-0.05, 0) is 31.2 Å². The lowest BCUT2D eigenvalue weighted by atomic mass is 10.3. The van der Waals surface area contributed by atoms with Crippen molar-refractivity contribution in [3.05, 3.63) is 24.3 Å². The van der Waals surface area contributed by atoms with Crippen LogP contribution in [-0.4, -0.2) is 33.4 Å². The summed E-state index contributed by atoms with van der Waals surface area (Å²) in [4.78, 5) is 21.9. The van der Waals surface area contributed by atoms with Crippen molar-refractivity contribution in [2.75, 3.05) is 18.5 Å². The number of sulfonamides is 1. The fourth-order valence-corrected chi connectivity index (χ4v) is 2.34. The second kappa shape index (κ2) is 7.01. The Morgan fingerprint density at radius 2 is 1.80 bits per heavy atom. The number of carbonyl (C=O) groups excluding carboxylic acids is 2. The molecule has 0 radical (unpaired) electrons. The maximum Gasteiger partial charge on any atom is 0.321 e. The second-order valence-electron chi connectivity index (χ2n) is 3.84. The standard InChI is InChI=1S/C12H16N2O5S/c1-3-19-12(16)8-13-20(17,18)11-6-4-10(5-7-11)14-9(2)15/h4-7,13H,3,8H2,1-2H3,(H,14,15). The number of rotatable bonds is 6. The summed E-state index contributed by atoms with van der Waals surface area (Å²) in [5, 5.41) is 2.52. The Morgan fingerprint density at radius 3 is 2.30 bits per heavy atom. The smallest absolute Gasteiger partial charge is 0.321 e. The van der Waals surface area contributed by atoms with Crippen molar-refractivity contribution in [2.45, 2.75) is 18.7 Å². The van der Waals surface area contributed by atoms with Gasteiger partial charge in [-0.1, -0.05) is 0 Å². The van der Waals surface area contributed by atoms with Crippen LogP contribution in [0.5, 0.6) is 0 Å². The molecular weight excluding hydrogens is 284 g/mol. The lowest BCUT2D eigenvalue weighted by Gasteiger charge is -2.07. The number of ether oxygens (including phenoxy) is 1. The van der Waals surface area contributed by atoms with E-state index in [4.69, 9.17) is 0 Å². The normalized spacial score (nSPS) is 10.9. The molecule has 0 aliphatic heterocycles. The topological polar surface area (TPSA) is 102 Å². The third-order valence-electron chi connectivity index (χ3n) is 2.20. The Kier molecular flexibility index (Phi) is 5.66. The summed E-state index contributed by atoms with van der Waals surface area (Å²) in [5.41, 5.74) is 0.488. The van der Waals surface area contributed by atoms with Crippen molar-refractivity contribution in [1.82, 2.24) is 4.72 Å². The van der Waals surface area contributed by atoms with Crippen molar-refractivity contribution >= 4 is 27.6 Å². The van der Waals surface area contributed by atoms with Gasteiger partial charge in [-0.25, -0.2) is 8.42 Å². The zero-order valence-electron chi connectivity index (χ0n) is 11.2. The number of hydrogen-bond donors (Lipinski definition) is 2. The Labute approximate surface area is 117 Å². The molecule has 1 aromatic rings. The van der Waals surface area contributed by atoms with E-state index >= 15 is 0 Å². The van der Waals surface area contributed by atoms with Gasteiger partial charge in [0.2, 0.25) is 15.9 Å².